The molecule has 0 bridgehead atoms. The topological polar surface area (TPSA) is 68.0 Å². The van der Waals surface area contributed by atoms with E-state index in [0.717, 1.165) is 22.4 Å². The number of carbonyl (C=O) groups excluding carboxylic acids is 1. The van der Waals surface area contributed by atoms with Crippen molar-refractivity contribution < 1.29 is 9.21 Å². The SMILES string of the molecule is Cc1ccc(C)c(NC(=O)c2nnc(Cc3ccccc3)o2)c1. The Kier molecular flexibility index (Phi) is 4.19. The average Bonchev–Trinajstić information content (AvgIpc) is 3.00. The van der Waals surface area contributed by atoms with E-state index in [1.165, 1.54) is 0 Å². The first-order valence-corrected chi connectivity index (χ1v) is 7.37. The summed E-state index contributed by atoms with van der Waals surface area (Å²) in [5, 5.41) is 10.6. The summed E-state index contributed by atoms with van der Waals surface area (Å²) >= 11 is 0. The first-order valence-electron chi connectivity index (χ1n) is 7.37. The Labute approximate surface area is 134 Å². The molecule has 0 fully saturated rings. The van der Waals surface area contributed by atoms with E-state index in [2.05, 4.69) is 15.5 Å². The van der Waals surface area contributed by atoms with Gasteiger partial charge in [0.05, 0.1) is 6.42 Å². The molecule has 0 radical (unpaired) electrons. The number of rotatable bonds is 4. The number of amides is 1. The van der Waals surface area contributed by atoms with Crippen molar-refractivity contribution in [1.29, 1.82) is 0 Å². The van der Waals surface area contributed by atoms with Gasteiger partial charge in [0.2, 0.25) is 5.89 Å². The second-order valence-electron chi connectivity index (χ2n) is 5.44. The molecular formula is C18H17N3O2. The molecule has 0 aliphatic carbocycles. The zero-order valence-corrected chi connectivity index (χ0v) is 13.0. The van der Waals surface area contributed by atoms with Crippen LogP contribution in [0.25, 0.3) is 0 Å². The highest BCUT2D eigenvalue weighted by atomic mass is 16.4. The molecule has 116 valence electrons. The van der Waals surface area contributed by atoms with Gasteiger partial charge in [-0.3, -0.25) is 4.79 Å². The Hall–Kier alpha value is -2.95. The maximum Gasteiger partial charge on any atom is 0.313 e. The summed E-state index contributed by atoms with van der Waals surface area (Å²) in [5.41, 5.74) is 3.85. The van der Waals surface area contributed by atoms with Crippen LogP contribution in [0.2, 0.25) is 0 Å². The number of anilines is 1. The molecule has 1 heterocycles. The van der Waals surface area contributed by atoms with Gasteiger partial charge >= 0.3 is 11.8 Å². The van der Waals surface area contributed by atoms with Crippen molar-refractivity contribution in [2.24, 2.45) is 0 Å². The lowest BCUT2D eigenvalue weighted by Crippen LogP contribution is -2.13. The number of nitrogens with one attached hydrogen (secondary N) is 1. The van der Waals surface area contributed by atoms with Crippen molar-refractivity contribution in [3.63, 3.8) is 0 Å². The summed E-state index contributed by atoms with van der Waals surface area (Å²) in [4.78, 5) is 12.2. The van der Waals surface area contributed by atoms with Crippen LogP contribution in [0.5, 0.6) is 0 Å². The minimum Gasteiger partial charge on any atom is -0.417 e. The molecule has 0 saturated carbocycles. The summed E-state index contributed by atoms with van der Waals surface area (Å²) in [6.45, 7) is 3.91. The average molecular weight is 307 g/mol. The minimum atomic E-state index is -0.398. The molecule has 0 atom stereocenters. The number of aryl methyl sites for hydroxylation is 2. The summed E-state index contributed by atoms with van der Waals surface area (Å²) in [7, 11) is 0. The van der Waals surface area contributed by atoms with Gasteiger partial charge < -0.3 is 9.73 Å². The molecule has 1 aromatic heterocycles. The van der Waals surface area contributed by atoms with E-state index < -0.39 is 5.91 Å². The highest BCUT2D eigenvalue weighted by Gasteiger charge is 2.16. The van der Waals surface area contributed by atoms with Crippen molar-refractivity contribution in [2.45, 2.75) is 20.3 Å². The van der Waals surface area contributed by atoms with Crippen LogP contribution in [0.4, 0.5) is 5.69 Å². The molecule has 0 aliphatic heterocycles. The third-order valence-corrected chi connectivity index (χ3v) is 3.50. The van der Waals surface area contributed by atoms with E-state index >= 15 is 0 Å². The summed E-state index contributed by atoms with van der Waals surface area (Å²) in [5.74, 6) is -0.00957. The van der Waals surface area contributed by atoms with E-state index in [0.29, 0.717) is 12.3 Å². The third kappa shape index (κ3) is 3.63. The normalized spacial score (nSPS) is 10.5. The van der Waals surface area contributed by atoms with Gasteiger partial charge in [0.25, 0.3) is 0 Å². The predicted octanol–water partition coefficient (Wildman–Crippen LogP) is 3.53. The largest absolute Gasteiger partial charge is 0.417 e. The molecule has 3 aromatic rings. The van der Waals surface area contributed by atoms with Crippen LogP contribution in [0, 0.1) is 13.8 Å². The Bertz CT molecular complexity index is 825. The maximum absolute atomic E-state index is 12.2. The second kappa shape index (κ2) is 6.44. The van der Waals surface area contributed by atoms with Crippen LogP contribution in [0.3, 0.4) is 0 Å². The van der Waals surface area contributed by atoms with Gasteiger partial charge in [-0.25, -0.2) is 0 Å². The molecular weight excluding hydrogens is 290 g/mol. The Balaban J connectivity index is 1.72. The van der Waals surface area contributed by atoms with Crippen molar-refractivity contribution in [3.8, 4) is 0 Å². The third-order valence-electron chi connectivity index (χ3n) is 3.50. The van der Waals surface area contributed by atoms with Gasteiger partial charge in [-0.15, -0.1) is 10.2 Å². The van der Waals surface area contributed by atoms with E-state index in [1.807, 2.05) is 62.4 Å². The van der Waals surface area contributed by atoms with Crippen molar-refractivity contribution >= 4 is 11.6 Å². The summed E-state index contributed by atoms with van der Waals surface area (Å²) < 4.78 is 5.46. The molecule has 3 rings (SSSR count). The Morgan fingerprint density at radius 2 is 1.87 bits per heavy atom. The van der Waals surface area contributed by atoms with Gasteiger partial charge in [-0.2, -0.15) is 0 Å². The monoisotopic (exact) mass is 307 g/mol. The molecule has 1 amide bonds. The fourth-order valence-electron chi connectivity index (χ4n) is 2.23. The number of carbonyl (C=O) groups is 1. The van der Waals surface area contributed by atoms with Crippen molar-refractivity contribution in [2.75, 3.05) is 5.32 Å². The molecule has 0 unspecified atom stereocenters. The van der Waals surface area contributed by atoms with Gasteiger partial charge in [-0.05, 0) is 36.6 Å². The summed E-state index contributed by atoms with van der Waals surface area (Å²) in [6.07, 6.45) is 0.505. The Morgan fingerprint density at radius 3 is 2.65 bits per heavy atom. The quantitative estimate of drug-likeness (QED) is 0.800. The summed E-state index contributed by atoms with van der Waals surface area (Å²) in [6, 6.07) is 15.6. The van der Waals surface area contributed by atoms with E-state index in [1.54, 1.807) is 0 Å². The lowest BCUT2D eigenvalue weighted by Gasteiger charge is -2.07. The van der Waals surface area contributed by atoms with Crippen LogP contribution in [0.1, 0.15) is 33.3 Å². The van der Waals surface area contributed by atoms with E-state index in [4.69, 9.17) is 4.42 Å². The van der Waals surface area contributed by atoms with Gasteiger partial charge in [0.15, 0.2) is 0 Å². The fraction of sp³-hybridized carbons (Fsp3) is 0.167. The number of nitrogens with zero attached hydrogens (tertiary/aromatic N) is 2. The molecule has 0 saturated heterocycles. The van der Waals surface area contributed by atoms with Gasteiger partial charge in [-0.1, -0.05) is 42.5 Å². The zero-order chi connectivity index (χ0) is 16.2. The molecule has 2 aromatic carbocycles. The highest BCUT2D eigenvalue weighted by Crippen LogP contribution is 2.17. The first kappa shape index (κ1) is 15.0. The number of hydrogen-bond acceptors (Lipinski definition) is 4. The van der Waals surface area contributed by atoms with Crippen molar-refractivity contribution in [3.05, 3.63) is 77.0 Å². The predicted molar refractivity (Wildman–Crippen MR) is 87.4 cm³/mol. The first-order chi connectivity index (χ1) is 11.1. The lowest BCUT2D eigenvalue weighted by molar-refractivity contribution is 0.0988. The van der Waals surface area contributed by atoms with E-state index in [-0.39, 0.29) is 5.89 Å². The molecule has 23 heavy (non-hydrogen) atoms. The zero-order valence-electron chi connectivity index (χ0n) is 13.0. The lowest BCUT2D eigenvalue weighted by atomic mass is 10.1. The number of aromatic nitrogens is 2. The van der Waals surface area contributed by atoms with Crippen LogP contribution in [0.15, 0.2) is 52.9 Å². The smallest absolute Gasteiger partial charge is 0.313 e. The minimum absolute atomic E-state index is 0.0307. The van der Waals surface area contributed by atoms with Crippen LogP contribution < -0.4 is 5.32 Å². The molecule has 5 heteroatoms. The molecule has 0 spiro atoms. The number of hydrogen-bond donors (Lipinski definition) is 1. The van der Waals surface area contributed by atoms with Crippen LogP contribution in [-0.2, 0) is 6.42 Å². The van der Waals surface area contributed by atoms with Crippen LogP contribution >= 0.6 is 0 Å². The number of benzene rings is 2. The standard InChI is InChI=1S/C18H17N3O2/c1-12-8-9-13(2)15(10-12)19-17(22)18-21-20-16(23-18)11-14-6-4-3-5-7-14/h3-10H,11H2,1-2H3,(H,19,22). The molecule has 1 N–H and O–H groups in total. The van der Waals surface area contributed by atoms with Crippen molar-refractivity contribution in [1.82, 2.24) is 10.2 Å². The molecule has 5 nitrogen and oxygen atoms in total. The fourth-order valence-corrected chi connectivity index (χ4v) is 2.23. The second-order valence-corrected chi connectivity index (χ2v) is 5.44. The van der Waals surface area contributed by atoms with Crippen LogP contribution in [-0.4, -0.2) is 16.1 Å². The van der Waals surface area contributed by atoms with E-state index in [9.17, 15) is 4.79 Å². The van der Waals surface area contributed by atoms with Gasteiger partial charge in [0, 0.05) is 5.69 Å². The Morgan fingerprint density at radius 1 is 1.09 bits per heavy atom. The maximum atomic E-state index is 12.2. The molecule has 0 aliphatic rings. The highest BCUT2D eigenvalue weighted by molar-refractivity contribution is 6.01. The van der Waals surface area contributed by atoms with Gasteiger partial charge in [0.1, 0.15) is 0 Å².